The molecule has 110 valence electrons. The molecule has 2 aromatic rings. The van der Waals surface area contributed by atoms with Gasteiger partial charge in [-0.1, -0.05) is 11.8 Å². The second kappa shape index (κ2) is 7.19. The summed E-state index contributed by atoms with van der Waals surface area (Å²) in [5.41, 5.74) is 4.17. The lowest BCUT2D eigenvalue weighted by Gasteiger charge is -2.09. The minimum atomic E-state index is 0.345. The summed E-state index contributed by atoms with van der Waals surface area (Å²) >= 11 is 5.58. The molecule has 0 spiro atoms. The number of ether oxygens (including phenoxy) is 1. The molecule has 2 rings (SSSR count). The summed E-state index contributed by atoms with van der Waals surface area (Å²) in [6, 6.07) is 7.95. The number of alkyl halides is 1. The molecule has 0 unspecified atom stereocenters. The SMILES string of the molecule is CCn1nc(C)cc1COc1ccc(C#CCCl)c(C)c1. The summed E-state index contributed by atoms with van der Waals surface area (Å²) in [6.07, 6.45) is 0. The van der Waals surface area contributed by atoms with Crippen molar-refractivity contribution in [2.45, 2.75) is 33.9 Å². The third-order valence-electron chi connectivity index (χ3n) is 3.16. The van der Waals surface area contributed by atoms with Crippen LogP contribution >= 0.6 is 11.6 Å². The molecule has 0 amide bonds. The minimum absolute atomic E-state index is 0.345. The highest BCUT2D eigenvalue weighted by molar-refractivity contribution is 6.19. The first-order valence-electron chi connectivity index (χ1n) is 6.95. The fourth-order valence-corrected chi connectivity index (χ4v) is 2.21. The number of benzene rings is 1. The average molecular weight is 303 g/mol. The van der Waals surface area contributed by atoms with E-state index in [0.29, 0.717) is 12.5 Å². The zero-order valence-electron chi connectivity index (χ0n) is 12.6. The fourth-order valence-electron chi connectivity index (χ4n) is 2.14. The molecule has 0 bridgehead atoms. The van der Waals surface area contributed by atoms with E-state index >= 15 is 0 Å². The standard InChI is InChI=1S/C17H19ClN2O/c1-4-20-16(11-14(3)19-20)12-21-17-8-7-15(6-5-9-18)13(2)10-17/h7-8,10-11H,4,9,12H2,1-3H3. The summed E-state index contributed by atoms with van der Waals surface area (Å²) in [5.74, 6) is 7.08. The van der Waals surface area contributed by atoms with Crippen LogP contribution in [0.5, 0.6) is 5.75 Å². The van der Waals surface area contributed by atoms with E-state index in [0.717, 1.165) is 34.8 Å². The van der Waals surface area contributed by atoms with Crippen molar-refractivity contribution < 1.29 is 4.74 Å². The van der Waals surface area contributed by atoms with E-state index in [1.165, 1.54) is 0 Å². The van der Waals surface area contributed by atoms with E-state index in [-0.39, 0.29) is 0 Å². The normalized spacial score (nSPS) is 10.1. The molecular formula is C17H19ClN2O. The highest BCUT2D eigenvalue weighted by Crippen LogP contribution is 2.18. The summed E-state index contributed by atoms with van der Waals surface area (Å²) in [4.78, 5) is 0. The molecule has 0 aliphatic carbocycles. The van der Waals surface area contributed by atoms with Crippen LogP contribution in [0.25, 0.3) is 0 Å². The van der Waals surface area contributed by atoms with Crippen molar-refractivity contribution in [3.63, 3.8) is 0 Å². The van der Waals surface area contributed by atoms with Crippen LogP contribution in [0.2, 0.25) is 0 Å². The largest absolute Gasteiger partial charge is 0.487 e. The summed E-state index contributed by atoms with van der Waals surface area (Å²) < 4.78 is 7.81. The van der Waals surface area contributed by atoms with Crippen molar-refractivity contribution in [2.75, 3.05) is 5.88 Å². The van der Waals surface area contributed by atoms with Crippen LogP contribution in [0.3, 0.4) is 0 Å². The lowest BCUT2D eigenvalue weighted by atomic mass is 10.1. The Kier molecular flexibility index (Phi) is 5.30. The summed E-state index contributed by atoms with van der Waals surface area (Å²) in [5, 5.41) is 4.41. The van der Waals surface area contributed by atoms with Gasteiger partial charge in [-0.3, -0.25) is 4.68 Å². The van der Waals surface area contributed by atoms with Crippen molar-refractivity contribution in [1.29, 1.82) is 0 Å². The van der Waals surface area contributed by atoms with Crippen molar-refractivity contribution in [2.24, 2.45) is 0 Å². The summed E-state index contributed by atoms with van der Waals surface area (Å²) in [7, 11) is 0. The van der Waals surface area contributed by atoms with Crippen LogP contribution in [-0.4, -0.2) is 15.7 Å². The first kappa shape index (κ1) is 15.5. The van der Waals surface area contributed by atoms with Crippen molar-refractivity contribution in [3.05, 3.63) is 46.8 Å². The van der Waals surface area contributed by atoms with Gasteiger partial charge < -0.3 is 4.74 Å². The maximum Gasteiger partial charge on any atom is 0.130 e. The Hall–Kier alpha value is -1.92. The number of aromatic nitrogens is 2. The highest BCUT2D eigenvalue weighted by Gasteiger charge is 2.05. The predicted octanol–water partition coefficient (Wildman–Crippen LogP) is 3.69. The lowest BCUT2D eigenvalue weighted by molar-refractivity contribution is 0.292. The molecule has 0 aliphatic rings. The number of hydrogen-bond donors (Lipinski definition) is 0. The van der Waals surface area contributed by atoms with E-state index in [2.05, 4.69) is 29.9 Å². The zero-order chi connectivity index (χ0) is 15.2. The van der Waals surface area contributed by atoms with Gasteiger partial charge in [0.2, 0.25) is 0 Å². The molecule has 0 radical (unpaired) electrons. The van der Waals surface area contributed by atoms with Crippen molar-refractivity contribution >= 4 is 11.6 Å². The number of rotatable bonds is 4. The monoisotopic (exact) mass is 302 g/mol. The van der Waals surface area contributed by atoms with E-state index in [1.54, 1.807) is 0 Å². The Bertz CT molecular complexity index is 680. The number of hydrogen-bond acceptors (Lipinski definition) is 2. The molecule has 0 atom stereocenters. The maximum atomic E-state index is 5.85. The Morgan fingerprint density at radius 1 is 1.29 bits per heavy atom. The molecule has 1 aromatic heterocycles. The second-order valence-electron chi connectivity index (χ2n) is 4.79. The van der Waals surface area contributed by atoms with E-state index in [9.17, 15) is 0 Å². The first-order chi connectivity index (χ1) is 10.1. The Labute approximate surface area is 130 Å². The van der Waals surface area contributed by atoms with Gasteiger partial charge in [-0.15, -0.1) is 11.6 Å². The zero-order valence-corrected chi connectivity index (χ0v) is 13.4. The smallest absolute Gasteiger partial charge is 0.130 e. The van der Waals surface area contributed by atoms with Crippen LogP contribution in [0.4, 0.5) is 0 Å². The molecule has 1 aromatic carbocycles. The predicted molar refractivity (Wildman–Crippen MR) is 85.7 cm³/mol. The van der Waals surface area contributed by atoms with E-state index in [1.807, 2.05) is 36.7 Å². The fraction of sp³-hybridized carbons (Fsp3) is 0.353. The van der Waals surface area contributed by atoms with Gasteiger partial charge in [-0.25, -0.2) is 0 Å². The van der Waals surface area contributed by atoms with Crippen molar-refractivity contribution in [3.8, 4) is 17.6 Å². The molecule has 0 fully saturated rings. The van der Waals surface area contributed by atoms with Crippen LogP contribution in [0.15, 0.2) is 24.3 Å². The Morgan fingerprint density at radius 2 is 2.10 bits per heavy atom. The topological polar surface area (TPSA) is 27.1 Å². The van der Waals surface area contributed by atoms with Gasteiger partial charge >= 0.3 is 0 Å². The number of halogens is 1. The van der Waals surface area contributed by atoms with Gasteiger partial charge in [0.1, 0.15) is 12.4 Å². The molecule has 1 heterocycles. The van der Waals surface area contributed by atoms with Crippen molar-refractivity contribution in [1.82, 2.24) is 9.78 Å². The van der Waals surface area contributed by atoms with Crippen LogP contribution in [0.1, 0.15) is 29.4 Å². The molecule has 0 saturated heterocycles. The van der Waals surface area contributed by atoms with E-state index < -0.39 is 0 Å². The Morgan fingerprint density at radius 3 is 2.76 bits per heavy atom. The van der Waals surface area contributed by atoms with E-state index in [4.69, 9.17) is 16.3 Å². The molecule has 3 nitrogen and oxygen atoms in total. The van der Waals surface area contributed by atoms with Crippen LogP contribution < -0.4 is 4.74 Å². The molecular weight excluding hydrogens is 284 g/mol. The van der Waals surface area contributed by atoms with Gasteiger partial charge in [0.15, 0.2) is 0 Å². The average Bonchev–Trinajstić information content (AvgIpc) is 2.84. The Balaban J connectivity index is 2.08. The maximum absolute atomic E-state index is 5.85. The first-order valence-corrected chi connectivity index (χ1v) is 7.49. The van der Waals surface area contributed by atoms with Crippen LogP contribution in [-0.2, 0) is 13.2 Å². The van der Waals surface area contributed by atoms with Gasteiger partial charge in [-0.05, 0) is 50.6 Å². The van der Waals surface area contributed by atoms with Gasteiger partial charge in [0.05, 0.1) is 17.3 Å². The third kappa shape index (κ3) is 4.03. The molecule has 4 heteroatoms. The number of aryl methyl sites for hydroxylation is 3. The quantitative estimate of drug-likeness (QED) is 0.636. The lowest BCUT2D eigenvalue weighted by Crippen LogP contribution is -2.06. The highest BCUT2D eigenvalue weighted by atomic mass is 35.5. The molecule has 0 aliphatic heterocycles. The molecule has 21 heavy (non-hydrogen) atoms. The third-order valence-corrected chi connectivity index (χ3v) is 3.29. The molecule has 0 N–H and O–H groups in total. The summed E-state index contributed by atoms with van der Waals surface area (Å²) in [6.45, 7) is 7.44. The molecule has 0 saturated carbocycles. The second-order valence-corrected chi connectivity index (χ2v) is 5.06. The van der Waals surface area contributed by atoms with Crippen LogP contribution in [0, 0.1) is 25.7 Å². The minimum Gasteiger partial charge on any atom is -0.487 e. The number of nitrogens with zero attached hydrogens (tertiary/aromatic N) is 2. The van der Waals surface area contributed by atoms with Gasteiger partial charge in [0, 0.05) is 12.1 Å². The van der Waals surface area contributed by atoms with Gasteiger partial charge in [-0.2, -0.15) is 5.10 Å². The van der Waals surface area contributed by atoms with Gasteiger partial charge in [0.25, 0.3) is 0 Å².